The van der Waals surface area contributed by atoms with Gasteiger partial charge in [0.05, 0.1) is 17.1 Å². The summed E-state index contributed by atoms with van der Waals surface area (Å²) in [6.45, 7) is 0. The van der Waals surface area contributed by atoms with Crippen molar-refractivity contribution in [1.29, 1.82) is 0 Å². The molecule has 0 aliphatic carbocycles. The van der Waals surface area contributed by atoms with Gasteiger partial charge in [0.1, 0.15) is 11.6 Å². The van der Waals surface area contributed by atoms with Crippen LogP contribution in [-0.4, -0.2) is 5.91 Å². The lowest BCUT2D eigenvalue weighted by Crippen LogP contribution is -2.15. The number of carbonyl (C=O) groups is 1. The Bertz CT molecular complexity index is 606. The van der Waals surface area contributed by atoms with Crippen molar-refractivity contribution in [1.82, 2.24) is 0 Å². The molecule has 0 radical (unpaired) electrons. The van der Waals surface area contributed by atoms with E-state index in [1.807, 2.05) is 0 Å². The molecule has 0 atom stereocenters. The van der Waals surface area contributed by atoms with Crippen LogP contribution in [0.2, 0.25) is 10.0 Å². The van der Waals surface area contributed by atoms with Gasteiger partial charge in [-0.15, -0.1) is 0 Å². The van der Waals surface area contributed by atoms with Crippen LogP contribution in [0.5, 0.6) is 0 Å². The lowest BCUT2D eigenvalue weighted by atomic mass is 10.1. The Morgan fingerprint density at radius 1 is 1.10 bits per heavy atom. The zero-order chi connectivity index (χ0) is 14.7. The first kappa shape index (κ1) is 14.8. The third-order valence-corrected chi connectivity index (χ3v) is 3.12. The number of benzene rings is 2. The first-order valence-corrected chi connectivity index (χ1v) is 6.40. The Morgan fingerprint density at radius 3 is 2.50 bits per heavy atom. The van der Waals surface area contributed by atoms with Crippen LogP contribution in [0.3, 0.4) is 0 Å². The van der Waals surface area contributed by atoms with Crippen LogP contribution in [0.25, 0.3) is 0 Å². The summed E-state index contributed by atoms with van der Waals surface area (Å²) >= 11 is 11.6. The van der Waals surface area contributed by atoms with E-state index in [0.29, 0.717) is 10.7 Å². The van der Waals surface area contributed by atoms with Gasteiger partial charge in [-0.2, -0.15) is 0 Å². The Balaban J connectivity index is 2.09. The molecule has 2 aromatic rings. The highest BCUT2D eigenvalue weighted by Gasteiger charge is 2.11. The summed E-state index contributed by atoms with van der Waals surface area (Å²) in [5, 5.41) is 3.26. The van der Waals surface area contributed by atoms with E-state index in [9.17, 15) is 13.6 Å². The maximum Gasteiger partial charge on any atom is 0.228 e. The van der Waals surface area contributed by atoms with Crippen molar-refractivity contribution < 1.29 is 13.6 Å². The fourth-order valence-corrected chi connectivity index (χ4v) is 2.08. The minimum Gasteiger partial charge on any atom is -0.324 e. The lowest BCUT2D eigenvalue weighted by Gasteiger charge is -2.08. The molecule has 6 heteroatoms. The van der Waals surface area contributed by atoms with E-state index in [1.54, 1.807) is 12.1 Å². The zero-order valence-corrected chi connectivity index (χ0v) is 11.6. The number of rotatable bonds is 3. The first-order chi connectivity index (χ1) is 9.45. The monoisotopic (exact) mass is 315 g/mol. The summed E-state index contributed by atoms with van der Waals surface area (Å²) in [4.78, 5) is 11.8. The molecular formula is C14H9Cl2F2NO. The van der Waals surface area contributed by atoms with Crippen LogP contribution in [-0.2, 0) is 11.2 Å². The van der Waals surface area contributed by atoms with Gasteiger partial charge in [0, 0.05) is 11.1 Å². The molecule has 0 spiro atoms. The van der Waals surface area contributed by atoms with Crippen LogP contribution in [0.4, 0.5) is 14.5 Å². The Morgan fingerprint density at radius 2 is 1.85 bits per heavy atom. The average Bonchev–Trinajstić information content (AvgIpc) is 2.36. The number of hydrogen-bond acceptors (Lipinski definition) is 1. The predicted molar refractivity (Wildman–Crippen MR) is 75.2 cm³/mol. The van der Waals surface area contributed by atoms with E-state index in [-0.39, 0.29) is 17.0 Å². The zero-order valence-electron chi connectivity index (χ0n) is 10.1. The molecule has 2 aromatic carbocycles. The van der Waals surface area contributed by atoms with Gasteiger partial charge >= 0.3 is 0 Å². The molecule has 0 fully saturated rings. The van der Waals surface area contributed by atoms with E-state index in [2.05, 4.69) is 5.32 Å². The van der Waals surface area contributed by atoms with Gasteiger partial charge < -0.3 is 5.32 Å². The van der Waals surface area contributed by atoms with Crippen molar-refractivity contribution in [3.63, 3.8) is 0 Å². The van der Waals surface area contributed by atoms with Crippen molar-refractivity contribution in [3.05, 3.63) is 63.6 Å². The number of halogens is 4. The number of carbonyl (C=O) groups excluding carboxylic acids is 1. The van der Waals surface area contributed by atoms with Crippen molar-refractivity contribution in [3.8, 4) is 0 Å². The van der Waals surface area contributed by atoms with Crippen LogP contribution in [0, 0.1) is 11.6 Å². The Labute approximate surface area is 124 Å². The predicted octanol–water partition coefficient (Wildman–Crippen LogP) is 4.45. The fourth-order valence-electron chi connectivity index (χ4n) is 1.62. The van der Waals surface area contributed by atoms with Crippen molar-refractivity contribution in [2.75, 3.05) is 5.32 Å². The van der Waals surface area contributed by atoms with Crippen LogP contribution in [0.1, 0.15) is 5.56 Å². The summed E-state index contributed by atoms with van der Waals surface area (Å²) < 4.78 is 26.2. The van der Waals surface area contributed by atoms with Crippen molar-refractivity contribution >= 4 is 34.8 Å². The van der Waals surface area contributed by atoms with Crippen LogP contribution >= 0.6 is 23.2 Å². The van der Waals surface area contributed by atoms with Gasteiger partial charge in [-0.25, -0.2) is 8.78 Å². The van der Waals surface area contributed by atoms with Gasteiger partial charge in [-0.1, -0.05) is 29.3 Å². The highest BCUT2D eigenvalue weighted by atomic mass is 35.5. The molecule has 0 saturated heterocycles. The largest absolute Gasteiger partial charge is 0.324 e. The Hall–Kier alpha value is -1.65. The molecule has 104 valence electrons. The summed E-state index contributed by atoms with van der Waals surface area (Å²) in [6, 6.07) is 7.66. The van der Waals surface area contributed by atoms with Gasteiger partial charge in [-0.3, -0.25) is 4.79 Å². The number of amides is 1. The SMILES string of the molecule is O=C(Cc1ccc(F)cc1F)Nc1ccc(Cl)cc1Cl. The molecule has 0 unspecified atom stereocenters. The molecule has 0 bridgehead atoms. The second-order valence-corrected chi connectivity index (χ2v) is 4.93. The number of anilines is 1. The molecule has 20 heavy (non-hydrogen) atoms. The maximum atomic E-state index is 13.4. The standard InChI is InChI=1S/C14H9Cl2F2NO/c15-9-2-4-13(11(16)6-9)19-14(20)5-8-1-3-10(17)7-12(8)18/h1-4,6-7H,5H2,(H,19,20). The normalized spacial score (nSPS) is 10.4. The highest BCUT2D eigenvalue weighted by Crippen LogP contribution is 2.25. The second kappa shape index (κ2) is 6.20. The minimum absolute atomic E-state index is 0.106. The molecular weight excluding hydrogens is 307 g/mol. The molecule has 0 aromatic heterocycles. The second-order valence-electron chi connectivity index (χ2n) is 4.08. The first-order valence-electron chi connectivity index (χ1n) is 5.64. The third kappa shape index (κ3) is 3.68. The van der Waals surface area contributed by atoms with Gasteiger partial charge in [0.15, 0.2) is 0 Å². The molecule has 0 heterocycles. The van der Waals surface area contributed by atoms with Crippen molar-refractivity contribution in [2.24, 2.45) is 0 Å². The quantitative estimate of drug-likeness (QED) is 0.890. The van der Waals surface area contributed by atoms with E-state index in [1.165, 1.54) is 12.1 Å². The van der Waals surface area contributed by atoms with Gasteiger partial charge in [0.2, 0.25) is 5.91 Å². The van der Waals surface area contributed by atoms with E-state index in [4.69, 9.17) is 23.2 Å². The third-order valence-electron chi connectivity index (χ3n) is 2.57. The molecule has 1 N–H and O–H groups in total. The number of nitrogens with one attached hydrogen (secondary N) is 1. The molecule has 0 aliphatic heterocycles. The van der Waals surface area contributed by atoms with E-state index in [0.717, 1.165) is 12.1 Å². The molecule has 0 aliphatic rings. The lowest BCUT2D eigenvalue weighted by molar-refractivity contribution is -0.115. The topological polar surface area (TPSA) is 29.1 Å². The average molecular weight is 316 g/mol. The summed E-state index contributed by atoms with van der Waals surface area (Å²) in [5.74, 6) is -1.91. The van der Waals surface area contributed by atoms with Gasteiger partial charge in [-0.05, 0) is 29.8 Å². The maximum absolute atomic E-state index is 13.4. The van der Waals surface area contributed by atoms with E-state index >= 15 is 0 Å². The molecule has 2 rings (SSSR count). The molecule has 0 saturated carbocycles. The highest BCUT2D eigenvalue weighted by molar-refractivity contribution is 6.36. The van der Waals surface area contributed by atoms with Crippen LogP contribution < -0.4 is 5.32 Å². The van der Waals surface area contributed by atoms with Crippen LogP contribution in [0.15, 0.2) is 36.4 Å². The Kier molecular flexibility index (Phi) is 4.57. The summed E-state index contributed by atoms with van der Waals surface area (Å²) in [7, 11) is 0. The summed E-state index contributed by atoms with van der Waals surface area (Å²) in [6.07, 6.45) is -0.217. The fraction of sp³-hybridized carbons (Fsp3) is 0.0714. The summed E-state index contributed by atoms with van der Waals surface area (Å²) in [5.41, 5.74) is 0.484. The number of hydrogen-bond donors (Lipinski definition) is 1. The minimum atomic E-state index is -0.762. The molecule has 1 amide bonds. The molecule has 2 nitrogen and oxygen atoms in total. The smallest absolute Gasteiger partial charge is 0.228 e. The van der Waals surface area contributed by atoms with Crippen molar-refractivity contribution in [2.45, 2.75) is 6.42 Å². The van der Waals surface area contributed by atoms with Gasteiger partial charge in [0.25, 0.3) is 0 Å². The van der Waals surface area contributed by atoms with E-state index < -0.39 is 17.5 Å².